The Kier molecular flexibility index (Phi) is 5.74. The second kappa shape index (κ2) is 8.61. The molecule has 0 aliphatic rings. The molecule has 0 fully saturated rings. The molecule has 0 saturated heterocycles. The first-order valence-corrected chi connectivity index (χ1v) is 11.7. The Morgan fingerprint density at radius 3 is 1.93 bits per heavy atom. The lowest BCUT2D eigenvalue weighted by Crippen LogP contribution is -2.22. The van der Waals surface area contributed by atoms with Crippen LogP contribution in [0.2, 0.25) is 0 Å². The molecule has 0 unspecified atom stereocenters. The summed E-state index contributed by atoms with van der Waals surface area (Å²) in [7, 11) is -3.72. The van der Waals surface area contributed by atoms with E-state index in [1.54, 1.807) is 18.2 Å². The number of benzene rings is 3. The van der Waals surface area contributed by atoms with Crippen molar-refractivity contribution in [3.05, 3.63) is 91.0 Å². The van der Waals surface area contributed by atoms with Crippen molar-refractivity contribution in [3.63, 3.8) is 0 Å². The van der Waals surface area contributed by atoms with Crippen molar-refractivity contribution in [2.45, 2.75) is 4.90 Å². The normalized spacial score (nSPS) is 11.2. The van der Waals surface area contributed by atoms with Crippen molar-refractivity contribution in [1.82, 2.24) is 4.98 Å². The van der Waals surface area contributed by atoms with Gasteiger partial charge in [-0.1, -0.05) is 90.2 Å². The molecular weight excluding hydrogens is 416 g/mol. The summed E-state index contributed by atoms with van der Waals surface area (Å²) in [5.41, 5.74) is 2.64. The third kappa shape index (κ3) is 4.48. The van der Waals surface area contributed by atoms with E-state index in [9.17, 15) is 13.2 Å². The number of aromatic nitrogens is 1. The maximum Gasteiger partial charge on any atom is 0.241 e. The van der Waals surface area contributed by atoms with Crippen molar-refractivity contribution in [1.29, 1.82) is 0 Å². The molecule has 0 saturated carbocycles. The Hall–Kier alpha value is -3.29. The van der Waals surface area contributed by atoms with E-state index in [2.05, 4.69) is 10.3 Å². The van der Waals surface area contributed by atoms with Crippen molar-refractivity contribution in [2.75, 3.05) is 11.1 Å². The molecule has 7 heteroatoms. The fourth-order valence-corrected chi connectivity index (χ4v) is 5.15. The van der Waals surface area contributed by atoms with Crippen LogP contribution < -0.4 is 5.32 Å². The SMILES string of the molecule is O=C(CS(=O)(=O)c1ccccc1)Nc1nc(-c2ccccc2)c(-c2ccccc2)s1. The highest BCUT2D eigenvalue weighted by Gasteiger charge is 2.21. The van der Waals surface area contributed by atoms with Crippen molar-refractivity contribution >= 4 is 32.2 Å². The zero-order valence-corrected chi connectivity index (χ0v) is 17.5. The van der Waals surface area contributed by atoms with Crippen LogP contribution >= 0.6 is 11.3 Å². The van der Waals surface area contributed by atoms with Crippen LogP contribution in [-0.4, -0.2) is 25.1 Å². The van der Waals surface area contributed by atoms with E-state index in [1.165, 1.54) is 23.5 Å². The number of hydrogen-bond donors (Lipinski definition) is 1. The fraction of sp³-hybridized carbons (Fsp3) is 0.0435. The van der Waals surface area contributed by atoms with Crippen LogP contribution in [0.25, 0.3) is 21.7 Å². The van der Waals surface area contributed by atoms with E-state index in [-0.39, 0.29) is 4.90 Å². The van der Waals surface area contributed by atoms with Crippen molar-refractivity contribution in [2.24, 2.45) is 0 Å². The third-order valence-electron chi connectivity index (χ3n) is 4.38. The minimum Gasteiger partial charge on any atom is -0.301 e. The highest BCUT2D eigenvalue weighted by Crippen LogP contribution is 2.38. The molecule has 1 heterocycles. The summed E-state index contributed by atoms with van der Waals surface area (Å²) in [6.45, 7) is 0. The van der Waals surface area contributed by atoms with E-state index in [1.807, 2.05) is 60.7 Å². The smallest absolute Gasteiger partial charge is 0.241 e. The molecule has 4 aromatic rings. The molecule has 4 rings (SSSR count). The third-order valence-corrected chi connectivity index (χ3v) is 7.03. The maximum absolute atomic E-state index is 12.5. The first-order chi connectivity index (χ1) is 14.5. The molecule has 1 amide bonds. The van der Waals surface area contributed by atoms with Gasteiger partial charge in [-0.2, -0.15) is 0 Å². The van der Waals surface area contributed by atoms with Gasteiger partial charge in [0, 0.05) is 5.56 Å². The Balaban J connectivity index is 1.62. The topological polar surface area (TPSA) is 76.1 Å². The van der Waals surface area contributed by atoms with Crippen molar-refractivity contribution in [3.8, 4) is 21.7 Å². The molecule has 0 aliphatic carbocycles. The molecule has 1 N–H and O–H groups in total. The summed E-state index contributed by atoms with van der Waals surface area (Å²) in [6.07, 6.45) is 0. The van der Waals surface area contributed by atoms with Gasteiger partial charge >= 0.3 is 0 Å². The van der Waals surface area contributed by atoms with Crippen LogP contribution in [0.15, 0.2) is 95.9 Å². The predicted molar refractivity (Wildman–Crippen MR) is 120 cm³/mol. The summed E-state index contributed by atoms with van der Waals surface area (Å²) in [5, 5.41) is 3.02. The highest BCUT2D eigenvalue weighted by atomic mass is 32.2. The van der Waals surface area contributed by atoms with Gasteiger partial charge in [-0.15, -0.1) is 0 Å². The summed E-state index contributed by atoms with van der Waals surface area (Å²) in [6, 6.07) is 27.4. The molecule has 5 nitrogen and oxygen atoms in total. The molecule has 0 spiro atoms. The van der Waals surface area contributed by atoms with E-state index in [0.717, 1.165) is 21.7 Å². The largest absolute Gasteiger partial charge is 0.301 e. The average molecular weight is 435 g/mol. The number of carbonyl (C=O) groups excluding carboxylic acids is 1. The Bertz CT molecular complexity index is 1200. The number of nitrogens with zero attached hydrogens (tertiary/aromatic N) is 1. The molecule has 0 aliphatic heterocycles. The van der Waals surface area contributed by atoms with Crippen LogP contribution in [0, 0.1) is 0 Å². The van der Waals surface area contributed by atoms with E-state index < -0.39 is 21.5 Å². The monoisotopic (exact) mass is 434 g/mol. The molecular formula is C23H18N2O3S2. The number of anilines is 1. The number of sulfone groups is 1. The minimum atomic E-state index is -3.72. The molecule has 150 valence electrons. The molecule has 30 heavy (non-hydrogen) atoms. The zero-order valence-electron chi connectivity index (χ0n) is 15.9. The molecule has 1 aromatic heterocycles. The van der Waals surface area contributed by atoms with Gasteiger partial charge in [0.15, 0.2) is 15.0 Å². The van der Waals surface area contributed by atoms with Gasteiger partial charge in [-0.3, -0.25) is 4.79 Å². The zero-order chi connectivity index (χ0) is 21.0. The van der Waals surface area contributed by atoms with Crippen LogP contribution in [0.1, 0.15) is 0 Å². The Labute approximate surface area is 179 Å². The van der Waals surface area contributed by atoms with E-state index in [0.29, 0.717) is 5.13 Å². The lowest BCUT2D eigenvalue weighted by molar-refractivity contribution is -0.113. The van der Waals surface area contributed by atoms with Gasteiger partial charge in [-0.25, -0.2) is 13.4 Å². The van der Waals surface area contributed by atoms with E-state index >= 15 is 0 Å². The predicted octanol–water partition coefficient (Wildman–Crippen LogP) is 4.89. The van der Waals surface area contributed by atoms with Gasteiger partial charge in [0.2, 0.25) is 5.91 Å². The quantitative estimate of drug-likeness (QED) is 0.469. The summed E-state index contributed by atoms with van der Waals surface area (Å²) in [5.74, 6) is -1.26. The lowest BCUT2D eigenvalue weighted by atomic mass is 10.1. The van der Waals surface area contributed by atoms with Crippen LogP contribution in [0.5, 0.6) is 0 Å². The van der Waals surface area contributed by atoms with Crippen LogP contribution in [0.4, 0.5) is 5.13 Å². The number of nitrogens with one attached hydrogen (secondary N) is 1. The van der Waals surface area contributed by atoms with Gasteiger partial charge in [0.1, 0.15) is 5.75 Å². The number of carbonyl (C=O) groups is 1. The number of thiazole rings is 1. The lowest BCUT2D eigenvalue weighted by Gasteiger charge is -2.04. The van der Waals surface area contributed by atoms with E-state index in [4.69, 9.17) is 0 Å². The minimum absolute atomic E-state index is 0.120. The van der Waals surface area contributed by atoms with Gasteiger partial charge in [-0.05, 0) is 17.7 Å². The van der Waals surface area contributed by atoms with Crippen LogP contribution in [0.3, 0.4) is 0 Å². The van der Waals surface area contributed by atoms with Gasteiger partial charge in [0.25, 0.3) is 0 Å². The first-order valence-electron chi connectivity index (χ1n) is 9.22. The second-order valence-electron chi connectivity index (χ2n) is 6.55. The molecule has 0 atom stereocenters. The van der Waals surface area contributed by atoms with Gasteiger partial charge < -0.3 is 5.32 Å². The fourth-order valence-electron chi connectivity index (χ4n) is 2.99. The standard InChI is InChI=1S/C23H18N2O3S2/c26-20(16-30(27,28)19-14-8-3-9-15-19)24-23-25-21(17-10-4-1-5-11-17)22(29-23)18-12-6-2-7-13-18/h1-15H,16H2,(H,24,25,26). The van der Waals surface area contributed by atoms with Crippen molar-refractivity contribution < 1.29 is 13.2 Å². The summed E-state index contributed by atoms with van der Waals surface area (Å²) in [4.78, 5) is 18.1. The molecule has 0 bridgehead atoms. The number of amides is 1. The Morgan fingerprint density at radius 2 is 1.33 bits per heavy atom. The summed E-state index contributed by atoms with van der Waals surface area (Å²) >= 11 is 1.32. The first kappa shape index (κ1) is 20.0. The summed E-state index contributed by atoms with van der Waals surface area (Å²) < 4.78 is 24.9. The maximum atomic E-state index is 12.5. The number of rotatable bonds is 6. The highest BCUT2D eigenvalue weighted by molar-refractivity contribution is 7.92. The second-order valence-corrected chi connectivity index (χ2v) is 9.54. The molecule has 3 aromatic carbocycles. The van der Waals surface area contributed by atoms with Gasteiger partial charge in [0.05, 0.1) is 15.5 Å². The Morgan fingerprint density at radius 1 is 0.800 bits per heavy atom. The average Bonchev–Trinajstić information content (AvgIpc) is 3.19. The molecule has 0 radical (unpaired) electrons. The van der Waals surface area contributed by atoms with Crippen LogP contribution in [-0.2, 0) is 14.6 Å². The number of hydrogen-bond acceptors (Lipinski definition) is 5.